The van der Waals surface area contributed by atoms with E-state index in [9.17, 15) is 0 Å². The number of piperidine rings is 1. The molecule has 0 radical (unpaired) electrons. The standard InChI is InChI=1S/C13H25N/c1-2-3-8-13-12-7-5-4-6-11(12)9-10-14-13/h11-14H,2-10H2,1H3/t11-,12-,13?/m0/s1. The monoisotopic (exact) mass is 195 g/mol. The van der Waals surface area contributed by atoms with E-state index in [0.717, 1.165) is 17.9 Å². The van der Waals surface area contributed by atoms with Gasteiger partial charge in [0, 0.05) is 6.04 Å². The van der Waals surface area contributed by atoms with Gasteiger partial charge in [-0.3, -0.25) is 0 Å². The maximum Gasteiger partial charge on any atom is 0.00979 e. The van der Waals surface area contributed by atoms with Gasteiger partial charge in [0.05, 0.1) is 0 Å². The van der Waals surface area contributed by atoms with Crippen LogP contribution in [0, 0.1) is 11.8 Å². The molecule has 0 bridgehead atoms. The SMILES string of the molecule is CCCCC1NCC[C@@H]2CCCC[C@H]12. The molecule has 0 amide bonds. The molecule has 0 aromatic carbocycles. The first-order valence-corrected chi connectivity index (χ1v) is 6.65. The average molecular weight is 195 g/mol. The lowest BCUT2D eigenvalue weighted by Crippen LogP contribution is -2.47. The van der Waals surface area contributed by atoms with Gasteiger partial charge in [-0.1, -0.05) is 39.0 Å². The molecule has 82 valence electrons. The molecular weight excluding hydrogens is 170 g/mol. The van der Waals surface area contributed by atoms with Crippen LogP contribution in [0.25, 0.3) is 0 Å². The fraction of sp³-hybridized carbons (Fsp3) is 1.00. The molecule has 1 unspecified atom stereocenters. The van der Waals surface area contributed by atoms with Crippen LogP contribution < -0.4 is 5.32 Å². The van der Waals surface area contributed by atoms with Crippen molar-refractivity contribution in [1.82, 2.24) is 5.32 Å². The van der Waals surface area contributed by atoms with E-state index < -0.39 is 0 Å². The van der Waals surface area contributed by atoms with Gasteiger partial charge in [-0.05, 0) is 37.6 Å². The molecule has 1 heteroatoms. The normalized spacial score (nSPS) is 37.9. The molecule has 2 fully saturated rings. The quantitative estimate of drug-likeness (QED) is 0.728. The minimum Gasteiger partial charge on any atom is -0.314 e. The maximum atomic E-state index is 3.75. The third-order valence-corrected chi connectivity index (χ3v) is 4.28. The molecule has 0 aromatic rings. The fourth-order valence-electron chi connectivity index (χ4n) is 3.47. The van der Waals surface area contributed by atoms with Gasteiger partial charge in [-0.25, -0.2) is 0 Å². The van der Waals surface area contributed by atoms with Gasteiger partial charge >= 0.3 is 0 Å². The smallest absolute Gasteiger partial charge is 0.00979 e. The summed E-state index contributed by atoms with van der Waals surface area (Å²) in [5.74, 6) is 2.11. The van der Waals surface area contributed by atoms with E-state index >= 15 is 0 Å². The Kier molecular flexibility index (Phi) is 3.86. The van der Waals surface area contributed by atoms with Crippen molar-refractivity contribution in [3.05, 3.63) is 0 Å². The molecule has 1 saturated heterocycles. The highest BCUT2D eigenvalue weighted by Crippen LogP contribution is 2.37. The fourth-order valence-corrected chi connectivity index (χ4v) is 3.47. The van der Waals surface area contributed by atoms with E-state index in [2.05, 4.69) is 12.2 Å². The van der Waals surface area contributed by atoms with Crippen molar-refractivity contribution in [3.63, 3.8) is 0 Å². The Balaban J connectivity index is 1.88. The molecule has 1 nitrogen and oxygen atoms in total. The van der Waals surface area contributed by atoms with Crippen molar-refractivity contribution < 1.29 is 0 Å². The predicted molar refractivity (Wildman–Crippen MR) is 61.4 cm³/mol. The molecule has 1 N–H and O–H groups in total. The van der Waals surface area contributed by atoms with Crippen molar-refractivity contribution >= 4 is 0 Å². The Morgan fingerprint density at radius 2 is 2.00 bits per heavy atom. The first kappa shape index (κ1) is 10.5. The summed E-state index contributed by atoms with van der Waals surface area (Å²) in [5.41, 5.74) is 0. The van der Waals surface area contributed by atoms with Crippen LogP contribution >= 0.6 is 0 Å². The molecule has 14 heavy (non-hydrogen) atoms. The van der Waals surface area contributed by atoms with E-state index in [1.54, 1.807) is 0 Å². The summed E-state index contributed by atoms with van der Waals surface area (Å²) >= 11 is 0. The molecule has 1 heterocycles. The molecule has 1 saturated carbocycles. The zero-order valence-corrected chi connectivity index (χ0v) is 9.60. The van der Waals surface area contributed by atoms with Gasteiger partial charge in [0.1, 0.15) is 0 Å². The largest absolute Gasteiger partial charge is 0.314 e. The van der Waals surface area contributed by atoms with E-state index in [4.69, 9.17) is 0 Å². The Labute approximate surface area is 88.7 Å². The summed E-state index contributed by atoms with van der Waals surface area (Å²) in [6.07, 6.45) is 11.7. The van der Waals surface area contributed by atoms with Crippen molar-refractivity contribution in [2.45, 2.75) is 64.3 Å². The summed E-state index contributed by atoms with van der Waals surface area (Å²) in [7, 11) is 0. The summed E-state index contributed by atoms with van der Waals surface area (Å²) in [4.78, 5) is 0. The van der Waals surface area contributed by atoms with Gasteiger partial charge in [-0.15, -0.1) is 0 Å². The average Bonchev–Trinajstić information content (AvgIpc) is 2.26. The van der Waals surface area contributed by atoms with Crippen LogP contribution in [0.2, 0.25) is 0 Å². The lowest BCUT2D eigenvalue weighted by atomic mass is 9.70. The Morgan fingerprint density at radius 1 is 1.14 bits per heavy atom. The predicted octanol–water partition coefficient (Wildman–Crippen LogP) is 3.34. The van der Waals surface area contributed by atoms with Gasteiger partial charge in [-0.2, -0.15) is 0 Å². The van der Waals surface area contributed by atoms with Gasteiger partial charge < -0.3 is 5.32 Å². The van der Waals surface area contributed by atoms with Crippen LogP contribution in [0.15, 0.2) is 0 Å². The van der Waals surface area contributed by atoms with Crippen molar-refractivity contribution in [1.29, 1.82) is 0 Å². The van der Waals surface area contributed by atoms with Crippen molar-refractivity contribution in [2.24, 2.45) is 11.8 Å². The molecule has 2 rings (SSSR count). The van der Waals surface area contributed by atoms with Crippen LogP contribution in [0.1, 0.15) is 58.3 Å². The molecular formula is C13H25N. The summed E-state index contributed by atoms with van der Waals surface area (Å²) in [6.45, 7) is 3.59. The highest BCUT2D eigenvalue weighted by Gasteiger charge is 2.33. The Bertz CT molecular complexity index is 165. The van der Waals surface area contributed by atoms with Crippen LogP contribution in [0.5, 0.6) is 0 Å². The number of nitrogens with one attached hydrogen (secondary N) is 1. The lowest BCUT2D eigenvalue weighted by molar-refractivity contribution is 0.127. The van der Waals surface area contributed by atoms with Crippen LogP contribution in [0.4, 0.5) is 0 Å². The number of hydrogen-bond acceptors (Lipinski definition) is 1. The molecule has 3 atom stereocenters. The third kappa shape index (κ3) is 2.31. The molecule has 0 aromatic heterocycles. The van der Waals surface area contributed by atoms with Crippen LogP contribution in [-0.4, -0.2) is 12.6 Å². The highest BCUT2D eigenvalue weighted by atomic mass is 14.9. The lowest BCUT2D eigenvalue weighted by Gasteiger charge is -2.42. The summed E-state index contributed by atoms with van der Waals surface area (Å²) in [6, 6.07) is 0.869. The summed E-state index contributed by atoms with van der Waals surface area (Å²) < 4.78 is 0. The minimum atomic E-state index is 0.869. The number of unbranched alkanes of at least 4 members (excludes halogenated alkanes) is 1. The first-order valence-electron chi connectivity index (χ1n) is 6.65. The third-order valence-electron chi connectivity index (χ3n) is 4.28. The van der Waals surface area contributed by atoms with Crippen molar-refractivity contribution in [3.8, 4) is 0 Å². The Hall–Kier alpha value is -0.0400. The maximum absolute atomic E-state index is 3.75. The zero-order chi connectivity index (χ0) is 9.80. The van der Waals surface area contributed by atoms with E-state index in [1.165, 1.54) is 57.9 Å². The second-order valence-electron chi connectivity index (χ2n) is 5.20. The second kappa shape index (κ2) is 5.16. The van der Waals surface area contributed by atoms with Gasteiger partial charge in [0.2, 0.25) is 0 Å². The molecule has 1 aliphatic carbocycles. The summed E-state index contributed by atoms with van der Waals surface area (Å²) in [5, 5.41) is 3.75. The van der Waals surface area contributed by atoms with Crippen LogP contribution in [0.3, 0.4) is 0 Å². The topological polar surface area (TPSA) is 12.0 Å². The van der Waals surface area contributed by atoms with E-state index in [0.29, 0.717) is 0 Å². The highest BCUT2D eigenvalue weighted by molar-refractivity contribution is 4.89. The molecule has 2 aliphatic rings. The number of fused-ring (bicyclic) bond motifs is 1. The van der Waals surface area contributed by atoms with E-state index in [1.807, 2.05) is 0 Å². The number of hydrogen-bond donors (Lipinski definition) is 1. The van der Waals surface area contributed by atoms with Gasteiger partial charge in [0.15, 0.2) is 0 Å². The second-order valence-corrected chi connectivity index (χ2v) is 5.20. The number of rotatable bonds is 3. The molecule has 1 aliphatic heterocycles. The van der Waals surface area contributed by atoms with E-state index in [-0.39, 0.29) is 0 Å². The van der Waals surface area contributed by atoms with Crippen molar-refractivity contribution in [2.75, 3.05) is 6.54 Å². The van der Waals surface area contributed by atoms with Gasteiger partial charge in [0.25, 0.3) is 0 Å². The zero-order valence-electron chi connectivity index (χ0n) is 9.60. The van der Waals surface area contributed by atoms with Crippen LogP contribution in [-0.2, 0) is 0 Å². The first-order chi connectivity index (χ1) is 6.92. The Morgan fingerprint density at radius 3 is 2.86 bits per heavy atom. The molecule has 0 spiro atoms. The minimum absolute atomic E-state index is 0.869.